The van der Waals surface area contributed by atoms with E-state index < -0.39 is 6.03 Å². The highest BCUT2D eigenvalue weighted by molar-refractivity contribution is 7.99. The number of benzene rings is 4. The van der Waals surface area contributed by atoms with E-state index in [-0.39, 0.29) is 10.8 Å². The number of hydrogen-bond acceptors (Lipinski definition) is 4. The van der Waals surface area contributed by atoms with E-state index in [1.54, 1.807) is 42.1 Å². The molecule has 0 aliphatic rings. The summed E-state index contributed by atoms with van der Waals surface area (Å²) in [5.41, 5.74) is 2.43. The van der Waals surface area contributed by atoms with Crippen LogP contribution in [0, 0.1) is 0 Å². The van der Waals surface area contributed by atoms with E-state index in [0.29, 0.717) is 33.7 Å². The van der Waals surface area contributed by atoms with Crippen LogP contribution in [0.1, 0.15) is 5.56 Å². The van der Waals surface area contributed by atoms with Crippen LogP contribution >= 0.6 is 46.6 Å². The van der Waals surface area contributed by atoms with E-state index >= 15 is 0 Å². The van der Waals surface area contributed by atoms with E-state index in [9.17, 15) is 9.90 Å². The van der Waals surface area contributed by atoms with Gasteiger partial charge in [-0.25, -0.2) is 4.79 Å². The molecule has 0 saturated carbocycles. The van der Waals surface area contributed by atoms with Crippen LogP contribution in [0.15, 0.2) is 94.7 Å². The molecule has 0 fully saturated rings. The topological polar surface area (TPSA) is 73.4 Å². The Bertz CT molecular complexity index is 1330. The number of carbonyl (C=O) groups is 1. The summed E-state index contributed by atoms with van der Waals surface area (Å²) in [7, 11) is 0. The van der Waals surface area contributed by atoms with Crippen molar-refractivity contribution in [2.75, 3.05) is 16.0 Å². The molecule has 0 radical (unpaired) electrons. The molecule has 4 N–H and O–H groups in total. The van der Waals surface area contributed by atoms with Crippen molar-refractivity contribution in [1.82, 2.24) is 0 Å². The predicted molar refractivity (Wildman–Crippen MR) is 147 cm³/mol. The minimum absolute atomic E-state index is 0.0989. The standard InChI is InChI=1S/C26H20Cl3N3O2S/c27-17-5-9-19(10-6-17)31-26(34)32-20-13-22(29)25(33)23(14-20)30-15-16-3-1-2-4-24(16)35-21-11-7-18(28)8-12-21/h1-14,30,33H,15H2,(H2,31,32,34). The van der Waals surface area contributed by atoms with Gasteiger partial charge in [0.2, 0.25) is 0 Å². The van der Waals surface area contributed by atoms with Crippen LogP contribution in [0.4, 0.5) is 21.9 Å². The maximum Gasteiger partial charge on any atom is 0.323 e. The highest BCUT2D eigenvalue weighted by Gasteiger charge is 2.12. The van der Waals surface area contributed by atoms with Gasteiger partial charge in [-0.1, -0.05) is 64.8 Å². The Hall–Kier alpha value is -3.03. The second-order valence-corrected chi connectivity index (χ2v) is 9.85. The highest BCUT2D eigenvalue weighted by atomic mass is 35.5. The Morgan fingerprint density at radius 1 is 0.800 bits per heavy atom. The number of amides is 2. The van der Waals surface area contributed by atoms with Crippen molar-refractivity contribution in [1.29, 1.82) is 0 Å². The lowest BCUT2D eigenvalue weighted by atomic mass is 10.2. The molecule has 4 aromatic rings. The Labute approximate surface area is 222 Å². The van der Waals surface area contributed by atoms with Crippen molar-refractivity contribution in [3.63, 3.8) is 0 Å². The van der Waals surface area contributed by atoms with Gasteiger partial charge in [-0.05, 0) is 72.3 Å². The number of phenols is 1. The number of aromatic hydroxyl groups is 1. The number of halogens is 3. The van der Waals surface area contributed by atoms with E-state index in [2.05, 4.69) is 16.0 Å². The molecule has 0 unspecified atom stereocenters. The van der Waals surface area contributed by atoms with Gasteiger partial charge in [0, 0.05) is 37.8 Å². The molecule has 4 aromatic carbocycles. The van der Waals surface area contributed by atoms with Crippen LogP contribution in [0.3, 0.4) is 0 Å². The van der Waals surface area contributed by atoms with Gasteiger partial charge >= 0.3 is 6.03 Å². The van der Waals surface area contributed by atoms with Crippen LogP contribution in [0.5, 0.6) is 5.75 Å². The fourth-order valence-corrected chi connectivity index (χ4v) is 4.62. The zero-order chi connectivity index (χ0) is 24.8. The highest BCUT2D eigenvalue weighted by Crippen LogP contribution is 2.37. The number of phenolic OH excluding ortho intramolecular Hbond substituents is 1. The molecule has 0 heterocycles. The Morgan fingerprint density at radius 3 is 2.14 bits per heavy atom. The van der Waals surface area contributed by atoms with Crippen molar-refractivity contribution < 1.29 is 9.90 Å². The lowest BCUT2D eigenvalue weighted by Gasteiger charge is -2.15. The van der Waals surface area contributed by atoms with Crippen LogP contribution in [0.25, 0.3) is 0 Å². The summed E-state index contributed by atoms with van der Waals surface area (Å²) in [6.07, 6.45) is 0. The number of carbonyl (C=O) groups excluding carboxylic acids is 1. The van der Waals surface area contributed by atoms with Gasteiger partial charge in [0.1, 0.15) is 0 Å². The Morgan fingerprint density at radius 2 is 1.43 bits per heavy atom. The third kappa shape index (κ3) is 6.99. The average molecular weight is 545 g/mol. The summed E-state index contributed by atoms with van der Waals surface area (Å²) in [6, 6.07) is 25.0. The smallest absolute Gasteiger partial charge is 0.323 e. The first-order chi connectivity index (χ1) is 16.9. The Kier molecular flexibility index (Phi) is 8.31. The van der Waals surface area contributed by atoms with Gasteiger partial charge in [0.15, 0.2) is 5.75 Å². The Balaban J connectivity index is 1.45. The van der Waals surface area contributed by atoms with Crippen LogP contribution < -0.4 is 16.0 Å². The lowest BCUT2D eigenvalue weighted by molar-refractivity contribution is 0.262. The van der Waals surface area contributed by atoms with Crippen LogP contribution in [0.2, 0.25) is 15.1 Å². The fourth-order valence-electron chi connectivity index (χ4n) is 3.20. The number of hydrogen-bond donors (Lipinski definition) is 4. The van der Waals surface area contributed by atoms with Gasteiger partial charge in [-0.15, -0.1) is 0 Å². The zero-order valence-corrected chi connectivity index (χ0v) is 21.3. The first-order valence-electron chi connectivity index (χ1n) is 10.5. The predicted octanol–water partition coefficient (Wildman–Crippen LogP) is 8.76. The van der Waals surface area contributed by atoms with Gasteiger partial charge in [0.25, 0.3) is 0 Å². The normalized spacial score (nSPS) is 10.6. The minimum atomic E-state index is -0.454. The van der Waals surface area contributed by atoms with E-state index in [1.807, 2.05) is 48.5 Å². The summed E-state index contributed by atoms with van der Waals surface area (Å²) in [6.45, 7) is 0.432. The molecule has 0 aliphatic heterocycles. The van der Waals surface area contributed by atoms with Crippen molar-refractivity contribution in [3.8, 4) is 5.75 Å². The van der Waals surface area contributed by atoms with Crippen molar-refractivity contribution in [2.45, 2.75) is 16.3 Å². The van der Waals surface area contributed by atoms with E-state index in [4.69, 9.17) is 34.8 Å². The second-order valence-electron chi connectivity index (χ2n) is 7.46. The van der Waals surface area contributed by atoms with Crippen molar-refractivity contribution in [3.05, 3.63) is 106 Å². The van der Waals surface area contributed by atoms with Crippen molar-refractivity contribution in [2.24, 2.45) is 0 Å². The SMILES string of the molecule is O=C(Nc1ccc(Cl)cc1)Nc1cc(Cl)c(O)c(NCc2ccccc2Sc2ccc(Cl)cc2)c1. The summed E-state index contributed by atoms with van der Waals surface area (Å²) < 4.78 is 0. The third-order valence-corrected chi connectivity index (χ3v) is 6.82. The van der Waals surface area contributed by atoms with Crippen LogP contribution in [-0.4, -0.2) is 11.1 Å². The number of anilines is 3. The second kappa shape index (κ2) is 11.6. The molecule has 5 nitrogen and oxygen atoms in total. The monoisotopic (exact) mass is 543 g/mol. The quantitative estimate of drug-likeness (QED) is 0.139. The molecular formula is C26H20Cl3N3O2S. The average Bonchev–Trinajstić information content (AvgIpc) is 2.84. The maximum atomic E-state index is 12.4. The third-order valence-electron chi connectivity index (χ3n) is 4.91. The molecule has 0 bridgehead atoms. The molecule has 0 aromatic heterocycles. The maximum absolute atomic E-state index is 12.4. The fraction of sp³-hybridized carbons (Fsp3) is 0.0385. The molecule has 9 heteroatoms. The zero-order valence-electron chi connectivity index (χ0n) is 18.2. The van der Waals surface area contributed by atoms with Gasteiger partial charge in [-0.2, -0.15) is 0 Å². The van der Waals surface area contributed by atoms with E-state index in [1.165, 1.54) is 6.07 Å². The lowest BCUT2D eigenvalue weighted by Crippen LogP contribution is -2.19. The molecule has 0 aliphatic carbocycles. The molecule has 178 valence electrons. The first kappa shape index (κ1) is 25.1. The number of nitrogens with one attached hydrogen (secondary N) is 3. The molecule has 4 rings (SSSR count). The molecule has 0 atom stereocenters. The van der Waals surface area contributed by atoms with Crippen LogP contribution in [-0.2, 0) is 6.54 Å². The molecular weight excluding hydrogens is 525 g/mol. The van der Waals surface area contributed by atoms with Crippen molar-refractivity contribution >= 4 is 69.7 Å². The molecule has 0 saturated heterocycles. The molecule has 0 spiro atoms. The van der Waals surface area contributed by atoms with E-state index in [0.717, 1.165) is 15.4 Å². The van der Waals surface area contributed by atoms with Gasteiger partial charge < -0.3 is 21.1 Å². The number of rotatable bonds is 7. The van der Waals surface area contributed by atoms with Gasteiger partial charge in [-0.3, -0.25) is 0 Å². The molecule has 2 amide bonds. The number of urea groups is 1. The minimum Gasteiger partial charge on any atom is -0.504 e. The molecule has 35 heavy (non-hydrogen) atoms. The summed E-state index contributed by atoms with van der Waals surface area (Å²) in [5, 5.41) is 20.5. The summed E-state index contributed by atoms with van der Waals surface area (Å²) >= 11 is 19.7. The largest absolute Gasteiger partial charge is 0.504 e. The van der Waals surface area contributed by atoms with Gasteiger partial charge in [0.05, 0.1) is 10.7 Å². The summed E-state index contributed by atoms with van der Waals surface area (Å²) in [4.78, 5) is 14.5. The first-order valence-corrected chi connectivity index (χ1v) is 12.4. The summed E-state index contributed by atoms with van der Waals surface area (Å²) in [5.74, 6) is -0.0989.